The Morgan fingerprint density at radius 3 is 2.67 bits per heavy atom. The number of carboxylic acids is 1. The second-order valence-electron chi connectivity index (χ2n) is 3.81. The first kappa shape index (κ1) is 14.2. The highest BCUT2D eigenvalue weighted by molar-refractivity contribution is 5.99. The smallest absolute Gasteiger partial charge is 0.303 e. The van der Waals surface area contributed by atoms with Crippen molar-refractivity contribution in [2.45, 2.75) is 26.2 Å². The molecule has 0 bridgehead atoms. The summed E-state index contributed by atoms with van der Waals surface area (Å²) in [6.45, 7) is 2.33. The van der Waals surface area contributed by atoms with Crippen LogP contribution in [0.25, 0.3) is 0 Å². The van der Waals surface area contributed by atoms with Gasteiger partial charge < -0.3 is 9.84 Å². The van der Waals surface area contributed by atoms with Crippen molar-refractivity contribution >= 4 is 11.8 Å². The van der Waals surface area contributed by atoms with Crippen molar-refractivity contribution in [3.63, 3.8) is 0 Å². The molecule has 0 aliphatic rings. The van der Waals surface area contributed by atoms with E-state index in [2.05, 4.69) is 0 Å². The summed E-state index contributed by atoms with van der Waals surface area (Å²) >= 11 is 0. The van der Waals surface area contributed by atoms with Crippen LogP contribution in [0.5, 0.6) is 5.75 Å². The van der Waals surface area contributed by atoms with Crippen molar-refractivity contribution in [2.24, 2.45) is 0 Å². The molecule has 0 aliphatic carbocycles. The number of hydrogen-bond donors (Lipinski definition) is 1. The third kappa shape index (κ3) is 4.16. The van der Waals surface area contributed by atoms with Gasteiger partial charge in [-0.2, -0.15) is 0 Å². The number of carbonyl (C=O) groups excluding carboxylic acids is 1. The van der Waals surface area contributed by atoms with E-state index in [9.17, 15) is 14.0 Å². The molecule has 0 spiro atoms. The topological polar surface area (TPSA) is 63.6 Å². The minimum absolute atomic E-state index is 0.102. The highest BCUT2D eigenvalue weighted by Crippen LogP contribution is 2.22. The van der Waals surface area contributed by atoms with Crippen molar-refractivity contribution in [2.75, 3.05) is 6.61 Å². The Kier molecular flexibility index (Phi) is 5.30. The Labute approximate surface area is 104 Å². The molecule has 98 valence electrons. The number of aliphatic carboxylic acids is 1. The van der Waals surface area contributed by atoms with Crippen LogP contribution in [0.4, 0.5) is 4.39 Å². The highest BCUT2D eigenvalue weighted by atomic mass is 19.1. The van der Waals surface area contributed by atoms with E-state index >= 15 is 0 Å². The number of Topliss-reactive ketones (excluding diaryl/α,β-unsaturated/α-hetero) is 1. The van der Waals surface area contributed by atoms with E-state index in [1.165, 1.54) is 12.1 Å². The summed E-state index contributed by atoms with van der Waals surface area (Å²) in [6, 6.07) is 3.67. The zero-order valence-electron chi connectivity index (χ0n) is 10.1. The Morgan fingerprint density at radius 2 is 2.06 bits per heavy atom. The number of carbonyl (C=O) groups is 2. The average Bonchev–Trinajstić information content (AvgIpc) is 2.34. The van der Waals surface area contributed by atoms with Crippen molar-refractivity contribution in [3.05, 3.63) is 29.6 Å². The van der Waals surface area contributed by atoms with Crippen LogP contribution in [-0.4, -0.2) is 23.5 Å². The lowest BCUT2D eigenvalue weighted by Crippen LogP contribution is -2.07. The fourth-order valence-corrected chi connectivity index (χ4v) is 1.41. The molecule has 5 heteroatoms. The molecular formula is C13H15FO4. The van der Waals surface area contributed by atoms with Gasteiger partial charge in [-0.15, -0.1) is 0 Å². The van der Waals surface area contributed by atoms with Gasteiger partial charge >= 0.3 is 5.97 Å². The number of rotatable bonds is 7. The van der Waals surface area contributed by atoms with Gasteiger partial charge in [0.2, 0.25) is 0 Å². The fraction of sp³-hybridized carbons (Fsp3) is 0.385. The van der Waals surface area contributed by atoms with E-state index in [1.807, 2.05) is 6.92 Å². The maximum atomic E-state index is 13.1. The molecule has 0 saturated heterocycles. The quantitative estimate of drug-likeness (QED) is 0.760. The van der Waals surface area contributed by atoms with Gasteiger partial charge in [-0.05, 0) is 24.6 Å². The molecule has 1 aromatic carbocycles. The van der Waals surface area contributed by atoms with Crippen LogP contribution in [0.3, 0.4) is 0 Å². The summed E-state index contributed by atoms with van der Waals surface area (Å²) in [5.74, 6) is -1.73. The lowest BCUT2D eigenvalue weighted by molar-refractivity contribution is -0.136. The van der Waals surface area contributed by atoms with Crippen molar-refractivity contribution in [1.29, 1.82) is 0 Å². The summed E-state index contributed by atoms with van der Waals surface area (Å²) < 4.78 is 18.4. The number of benzene rings is 1. The lowest BCUT2D eigenvalue weighted by Gasteiger charge is -2.09. The molecule has 0 fully saturated rings. The second-order valence-corrected chi connectivity index (χ2v) is 3.81. The van der Waals surface area contributed by atoms with Crippen molar-refractivity contribution < 1.29 is 23.8 Å². The van der Waals surface area contributed by atoms with Crippen LogP contribution >= 0.6 is 0 Å². The normalized spacial score (nSPS) is 10.1. The minimum atomic E-state index is -1.06. The first-order valence-corrected chi connectivity index (χ1v) is 5.72. The third-order valence-electron chi connectivity index (χ3n) is 2.27. The van der Waals surface area contributed by atoms with Crippen LogP contribution in [0.1, 0.15) is 36.5 Å². The molecule has 0 aliphatic heterocycles. The van der Waals surface area contributed by atoms with Gasteiger partial charge in [0.1, 0.15) is 11.6 Å². The van der Waals surface area contributed by atoms with Crippen LogP contribution in [0, 0.1) is 5.82 Å². The second kappa shape index (κ2) is 6.74. The molecule has 0 aromatic heterocycles. The standard InChI is InChI=1S/C13H15FO4/c1-2-7-18-12-5-3-9(14)8-10(12)11(15)4-6-13(16)17/h3,5,8H,2,4,6-7H2,1H3,(H,16,17). The summed E-state index contributed by atoms with van der Waals surface area (Å²) in [5, 5.41) is 8.52. The van der Waals surface area contributed by atoms with Gasteiger partial charge in [-0.25, -0.2) is 4.39 Å². The van der Waals surface area contributed by atoms with E-state index in [-0.39, 0.29) is 18.4 Å². The van der Waals surface area contributed by atoms with E-state index < -0.39 is 17.6 Å². The minimum Gasteiger partial charge on any atom is -0.493 e. The first-order valence-electron chi connectivity index (χ1n) is 5.72. The maximum absolute atomic E-state index is 13.1. The molecule has 0 unspecified atom stereocenters. The summed E-state index contributed by atoms with van der Waals surface area (Å²) in [7, 11) is 0. The lowest BCUT2D eigenvalue weighted by atomic mass is 10.1. The van der Waals surface area contributed by atoms with Crippen molar-refractivity contribution in [3.8, 4) is 5.75 Å². The number of ketones is 1. The summed E-state index contributed by atoms with van der Waals surface area (Å²) in [5.41, 5.74) is 0.102. The maximum Gasteiger partial charge on any atom is 0.303 e. The number of hydrogen-bond acceptors (Lipinski definition) is 3. The van der Waals surface area contributed by atoms with Gasteiger partial charge in [-0.1, -0.05) is 6.92 Å². The number of ether oxygens (including phenoxy) is 1. The van der Waals surface area contributed by atoms with Crippen molar-refractivity contribution in [1.82, 2.24) is 0 Å². The van der Waals surface area contributed by atoms with E-state index in [0.29, 0.717) is 12.4 Å². The van der Waals surface area contributed by atoms with Gasteiger partial charge in [-0.3, -0.25) is 9.59 Å². The number of halogens is 1. The predicted octanol–water partition coefficient (Wildman–Crippen LogP) is 2.66. The zero-order chi connectivity index (χ0) is 13.5. The van der Waals surface area contributed by atoms with Gasteiger partial charge in [0, 0.05) is 6.42 Å². The van der Waals surface area contributed by atoms with Crippen LogP contribution in [0.15, 0.2) is 18.2 Å². The molecule has 0 radical (unpaired) electrons. The van der Waals surface area contributed by atoms with Gasteiger partial charge in [0.25, 0.3) is 0 Å². The molecule has 0 atom stereocenters. The van der Waals surface area contributed by atoms with E-state index in [0.717, 1.165) is 12.5 Å². The Balaban J connectivity index is 2.86. The molecule has 4 nitrogen and oxygen atoms in total. The molecule has 1 rings (SSSR count). The zero-order valence-corrected chi connectivity index (χ0v) is 10.1. The molecular weight excluding hydrogens is 239 g/mol. The molecule has 0 heterocycles. The highest BCUT2D eigenvalue weighted by Gasteiger charge is 2.15. The SMILES string of the molecule is CCCOc1ccc(F)cc1C(=O)CCC(=O)O. The number of carboxylic acid groups (broad SMARTS) is 1. The van der Waals surface area contributed by atoms with Crippen LogP contribution in [0.2, 0.25) is 0 Å². The molecule has 0 saturated carbocycles. The molecule has 1 N–H and O–H groups in total. The van der Waals surface area contributed by atoms with E-state index in [4.69, 9.17) is 9.84 Å². The van der Waals surface area contributed by atoms with Crippen LogP contribution < -0.4 is 4.74 Å². The Bertz CT molecular complexity index is 443. The Morgan fingerprint density at radius 1 is 1.33 bits per heavy atom. The van der Waals surface area contributed by atoms with Gasteiger partial charge in [0.15, 0.2) is 5.78 Å². The first-order chi connectivity index (χ1) is 8.54. The van der Waals surface area contributed by atoms with Gasteiger partial charge in [0.05, 0.1) is 18.6 Å². The largest absolute Gasteiger partial charge is 0.493 e. The van der Waals surface area contributed by atoms with E-state index in [1.54, 1.807) is 0 Å². The average molecular weight is 254 g/mol. The predicted molar refractivity (Wildman–Crippen MR) is 63.4 cm³/mol. The summed E-state index contributed by atoms with van der Waals surface area (Å²) in [6.07, 6.45) is 0.323. The molecule has 1 aromatic rings. The monoisotopic (exact) mass is 254 g/mol. The third-order valence-corrected chi connectivity index (χ3v) is 2.27. The van der Waals surface area contributed by atoms with Crippen LogP contribution in [-0.2, 0) is 4.79 Å². The Hall–Kier alpha value is -1.91. The molecule has 0 amide bonds. The summed E-state index contributed by atoms with van der Waals surface area (Å²) in [4.78, 5) is 22.2. The molecule has 18 heavy (non-hydrogen) atoms. The fourth-order valence-electron chi connectivity index (χ4n) is 1.41.